The Hall–Kier alpha value is -0.930. The van der Waals surface area contributed by atoms with Crippen molar-refractivity contribution in [3.05, 3.63) is 44.3 Å². The van der Waals surface area contributed by atoms with Crippen molar-refractivity contribution in [1.82, 2.24) is 0 Å². The Balaban J connectivity index is 2.89. The molecule has 1 N–H and O–H groups in total. The molecular formula is C8H7Cl2N3O. The average Bonchev–Trinajstić information content (AvgIpc) is 2.14. The maximum Gasteiger partial charge on any atom is 0.0860 e. The van der Waals surface area contributed by atoms with Crippen LogP contribution in [0.3, 0.4) is 0 Å². The third-order valence-corrected chi connectivity index (χ3v) is 2.20. The molecule has 0 aliphatic carbocycles. The first kappa shape index (κ1) is 11.1. The van der Waals surface area contributed by atoms with Gasteiger partial charge in [-0.15, -0.1) is 0 Å². The predicted molar refractivity (Wildman–Crippen MR) is 55.4 cm³/mol. The van der Waals surface area contributed by atoms with E-state index < -0.39 is 6.10 Å². The van der Waals surface area contributed by atoms with Crippen LogP contribution in [0.2, 0.25) is 10.0 Å². The fourth-order valence-electron chi connectivity index (χ4n) is 0.984. The normalized spacial score (nSPS) is 11.9. The Bertz CT molecular complexity index is 377. The van der Waals surface area contributed by atoms with Gasteiger partial charge in [-0.05, 0) is 23.2 Å². The molecule has 0 aliphatic rings. The van der Waals surface area contributed by atoms with Gasteiger partial charge in [-0.2, -0.15) is 0 Å². The molecule has 0 saturated carbocycles. The van der Waals surface area contributed by atoms with E-state index in [2.05, 4.69) is 10.0 Å². The molecule has 0 aromatic heterocycles. The molecule has 0 aliphatic heterocycles. The summed E-state index contributed by atoms with van der Waals surface area (Å²) in [5, 5.41) is 13.6. The summed E-state index contributed by atoms with van der Waals surface area (Å²) in [4.78, 5) is 2.54. The van der Waals surface area contributed by atoms with Crippen LogP contribution in [0.1, 0.15) is 11.7 Å². The van der Waals surface area contributed by atoms with Crippen LogP contribution < -0.4 is 0 Å². The van der Waals surface area contributed by atoms with Gasteiger partial charge in [0.1, 0.15) is 0 Å². The van der Waals surface area contributed by atoms with Gasteiger partial charge in [0.15, 0.2) is 0 Å². The van der Waals surface area contributed by atoms with Gasteiger partial charge in [0.25, 0.3) is 0 Å². The van der Waals surface area contributed by atoms with Crippen LogP contribution in [0.4, 0.5) is 0 Å². The number of hydrogen-bond donors (Lipinski definition) is 1. The number of benzene rings is 1. The zero-order chi connectivity index (χ0) is 10.6. The summed E-state index contributed by atoms with van der Waals surface area (Å²) in [5.41, 5.74) is 8.57. The second-order valence-corrected chi connectivity index (χ2v) is 3.44. The van der Waals surface area contributed by atoms with Crippen molar-refractivity contribution >= 4 is 23.2 Å². The lowest BCUT2D eigenvalue weighted by Crippen LogP contribution is -2.01. The molecule has 4 nitrogen and oxygen atoms in total. The number of aliphatic hydroxyl groups is 1. The van der Waals surface area contributed by atoms with Gasteiger partial charge in [-0.3, -0.25) is 0 Å². The van der Waals surface area contributed by atoms with E-state index in [9.17, 15) is 5.11 Å². The number of nitrogens with zero attached hydrogens (tertiary/aromatic N) is 3. The van der Waals surface area contributed by atoms with E-state index in [1.165, 1.54) is 6.07 Å². The second-order valence-electron chi connectivity index (χ2n) is 2.60. The highest BCUT2D eigenvalue weighted by molar-refractivity contribution is 6.35. The van der Waals surface area contributed by atoms with Gasteiger partial charge in [0, 0.05) is 15.0 Å². The molecular weight excluding hydrogens is 225 g/mol. The first-order valence-electron chi connectivity index (χ1n) is 3.79. The molecule has 6 heteroatoms. The van der Waals surface area contributed by atoms with Crippen molar-refractivity contribution in [2.24, 2.45) is 5.11 Å². The van der Waals surface area contributed by atoms with Crippen molar-refractivity contribution in [1.29, 1.82) is 0 Å². The Morgan fingerprint density at radius 3 is 2.79 bits per heavy atom. The monoisotopic (exact) mass is 231 g/mol. The molecule has 1 aromatic rings. The molecule has 14 heavy (non-hydrogen) atoms. The number of halogens is 2. The SMILES string of the molecule is [N-]=[N+]=NC[C@H](O)c1ccc(Cl)cc1Cl. The summed E-state index contributed by atoms with van der Waals surface area (Å²) in [6.45, 7) is -0.0438. The standard InChI is InChI=1S/C8H7Cl2N3O/c9-5-1-2-6(7(10)3-5)8(14)4-12-13-11/h1-3,8,14H,4H2/t8-/m0/s1. The second kappa shape index (κ2) is 5.08. The van der Waals surface area contributed by atoms with E-state index in [0.29, 0.717) is 15.6 Å². The molecule has 1 rings (SSSR count). The van der Waals surface area contributed by atoms with E-state index in [-0.39, 0.29) is 6.54 Å². The Morgan fingerprint density at radius 1 is 1.50 bits per heavy atom. The van der Waals surface area contributed by atoms with Crippen molar-refractivity contribution in [3.8, 4) is 0 Å². The van der Waals surface area contributed by atoms with E-state index in [4.69, 9.17) is 28.7 Å². The molecule has 0 saturated heterocycles. The van der Waals surface area contributed by atoms with Crippen molar-refractivity contribution in [2.75, 3.05) is 6.54 Å². The third-order valence-electron chi connectivity index (χ3n) is 1.64. The molecule has 0 bridgehead atoms. The van der Waals surface area contributed by atoms with Gasteiger partial charge in [0.05, 0.1) is 12.6 Å². The number of hydrogen-bond acceptors (Lipinski definition) is 2. The fourth-order valence-corrected chi connectivity index (χ4v) is 1.52. The Labute approximate surface area is 90.7 Å². The summed E-state index contributed by atoms with van der Waals surface area (Å²) in [6.07, 6.45) is -0.893. The van der Waals surface area contributed by atoms with Crippen LogP contribution in [-0.2, 0) is 0 Å². The lowest BCUT2D eigenvalue weighted by atomic mass is 10.1. The highest BCUT2D eigenvalue weighted by Gasteiger charge is 2.10. The molecule has 0 spiro atoms. The summed E-state index contributed by atoms with van der Waals surface area (Å²) in [6, 6.07) is 4.74. The average molecular weight is 232 g/mol. The molecule has 0 heterocycles. The molecule has 0 radical (unpaired) electrons. The van der Waals surface area contributed by atoms with Gasteiger partial charge in [0.2, 0.25) is 0 Å². The van der Waals surface area contributed by atoms with Crippen LogP contribution in [-0.4, -0.2) is 11.7 Å². The summed E-state index contributed by atoms with van der Waals surface area (Å²) >= 11 is 11.5. The number of rotatable bonds is 3. The van der Waals surface area contributed by atoms with Crippen molar-refractivity contribution in [2.45, 2.75) is 6.10 Å². The zero-order valence-electron chi connectivity index (χ0n) is 7.06. The molecule has 0 unspecified atom stereocenters. The van der Waals surface area contributed by atoms with E-state index >= 15 is 0 Å². The summed E-state index contributed by atoms with van der Waals surface area (Å²) in [7, 11) is 0. The van der Waals surface area contributed by atoms with Crippen LogP contribution in [0.5, 0.6) is 0 Å². The molecule has 74 valence electrons. The summed E-state index contributed by atoms with van der Waals surface area (Å²) in [5.74, 6) is 0. The number of aliphatic hydroxyl groups excluding tert-OH is 1. The summed E-state index contributed by atoms with van der Waals surface area (Å²) < 4.78 is 0. The zero-order valence-corrected chi connectivity index (χ0v) is 8.57. The minimum Gasteiger partial charge on any atom is -0.388 e. The number of azide groups is 1. The Kier molecular flexibility index (Phi) is 4.04. The predicted octanol–water partition coefficient (Wildman–Crippen LogP) is 3.34. The smallest absolute Gasteiger partial charge is 0.0860 e. The van der Waals surface area contributed by atoms with E-state index in [0.717, 1.165) is 0 Å². The van der Waals surface area contributed by atoms with Crippen LogP contribution in [0, 0.1) is 0 Å². The lowest BCUT2D eigenvalue weighted by molar-refractivity contribution is 0.187. The highest BCUT2D eigenvalue weighted by Crippen LogP contribution is 2.26. The minimum atomic E-state index is -0.893. The molecule has 0 fully saturated rings. The van der Waals surface area contributed by atoms with E-state index in [1.54, 1.807) is 12.1 Å². The van der Waals surface area contributed by atoms with Gasteiger partial charge in [-0.1, -0.05) is 34.4 Å². The Morgan fingerprint density at radius 2 is 2.21 bits per heavy atom. The highest BCUT2D eigenvalue weighted by atomic mass is 35.5. The van der Waals surface area contributed by atoms with Crippen molar-refractivity contribution in [3.63, 3.8) is 0 Å². The minimum absolute atomic E-state index is 0.0438. The fraction of sp³-hybridized carbons (Fsp3) is 0.250. The lowest BCUT2D eigenvalue weighted by Gasteiger charge is -2.09. The maximum atomic E-state index is 9.53. The first-order valence-corrected chi connectivity index (χ1v) is 4.54. The van der Waals surface area contributed by atoms with E-state index in [1.807, 2.05) is 0 Å². The molecule has 1 aromatic carbocycles. The van der Waals surface area contributed by atoms with Gasteiger partial charge >= 0.3 is 0 Å². The van der Waals surface area contributed by atoms with Gasteiger partial charge in [-0.25, -0.2) is 0 Å². The van der Waals surface area contributed by atoms with Crippen molar-refractivity contribution < 1.29 is 5.11 Å². The molecule has 1 atom stereocenters. The van der Waals surface area contributed by atoms with Crippen LogP contribution in [0.25, 0.3) is 10.4 Å². The van der Waals surface area contributed by atoms with Crippen LogP contribution >= 0.6 is 23.2 Å². The van der Waals surface area contributed by atoms with Crippen LogP contribution in [0.15, 0.2) is 23.3 Å². The molecule has 0 amide bonds. The first-order chi connectivity index (χ1) is 6.65. The topological polar surface area (TPSA) is 69.0 Å². The van der Waals surface area contributed by atoms with Gasteiger partial charge < -0.3 is 5.11 Å². The quantitative estimate of drug-likeness (QED) is 0.484. The maximum absolute atomic E-state index is 9.53. The largest absolute Gasteiger partial charge is 0.388 e. The third kappa shape index (κ3) is 2.79.